The van der Waals surface area contributed by atoms with Crippen LogP contribution in [0.5, 0.6) is 0 Å². The molecule has 0 saturated heterocycles. The lowest BCUT2D eigenvalue weighted by molar-refractivity contribution is -0.120. The predicted octanol–water partition coefficient (Wildman–Crippen LogP) is 3.87. The summed E-state index contributed by atoms with van der Waals surface area (Å²) >= 11 is 7.52. The SMILES string of the molecule is Cc1oc(-c2cccs2)nc1CC(=O)NCc1cn2cc(Cl)ccc2n1. The average molecular weight is 387 g/mol. The van der Waals surface area contributed by atoms with Crippen LogP contribution in [0.1, 0.15) is 17.1 Å². The first-order valence-electron chi connectivity index (χ1n) is 7.98. The zero-order valence-corrected chi connectivity index (χ0v) is 15.5. The van der Waals surface area contributed by atoms with E-state index in [9.17, 15) is 4.79 Å². The third-order valence-corrected chi connectivity index (χ3v) is 4.97. The first kappa shape index (κ1) is 16.8. The quantitative estimate of drug-likeness (QED) is 0.565. The minimum absolute atomic E-state index is 0.130. The van der Waals surface area contributed by atoms with Crippen LogP contribution < -0.4 is 5.32 Å². The second-order valence-corrected chi connectivity index (χ2v) is 7.18. The summed E-state index contributed by atoms with van der Waals surface area (Å²) < 4.78 is 7.50. The van der Waals surface area contributed by atoms with Gasteiger partial charge in [0.05, 0.1) is 34.3 Å². The summed E-state index contributed by atoms with van der Waals surface area (Å²) in [7, 11) is 0. The topological polar surface area (TPSA) is 72.4 Å². The number of aryl methyl sites for hydroxylation is 1. The number of fused-ring (bicyclic) bond motifs is 1. The standard InChI is InChI=1S/C18H15ClN4O2S/c1-11-14(22-18(25-11)15-3-2-6-26-15)7-17(24)20-8-13-10-23-9-12(19)4-5-16(23)21-13/h2-6,9-10H,7-8H2,1H3,(H,20,24). The fraction of sp³-hybridized carbons (Fsp3) is 0.167. The van der Waals surface area contributed by atoms with E-state index in [1.165, 1.54) is 0 Å². The van der Waals surface area contributed by atoms with Crippen LogP contribution in [0.2, 0.25) is 5.02 Å². The van der Waals surface area contributed by atoms with Crippen molar-refractivity contribution in [1.29, 1.82) is 0 Å². The minimum atomic E-state index is -0.130. The number of hydrogen-bond acceptors (Lipinski definition) is 5. The number of imidazole rings is 1. The molecule has 0 aliphatic rings. The second kappa shape index (κ2) is 6.93. The van der Waals surface area contributed by atoms with Crippen molar-refractivity contribution in [3.05, 3.63) is 64.2 Å². The second-order valence-electron chi connectivity index (χ2n) is 5.80. The Hall–Kier alpha value is -2.64. The van der Waals surface area contributed by atoms with Gasteiger partial charge in [-0.25, -0.2) is 9.97 Å². The number of pyridine rings is 1. The van der Waals surface area contributed by atoms with E-state index >= 15 is 0 Å². The molecule has 4 heterocycles. The normalized spacial score (nSPS) is 11.2. The Kier molecular flexibility index (Phi) is 4.48. The number of nitrogens with one attached hydrogen (secondary N) is 1. The Labute approximate surface area is 158 Å². The van der Waals surface area contributed by atoms with Crippen LogP contribution in [0.25, 0.3) is 16.4 Å². The van der Waals surface area contributed by atoms with Crippen molar-refractivity contribution in [2.24, 2.45) is 0 Å². The van der Waals surface area contributed by atoms with Gasteiger partial charge < -0.3 is 14.1 Å². The Balaban J connectivity index is 1.40. The maximum absolute atomic E-state index is 12.3. The maximum atomic E-state index is 12.3. The predicted molar refractivity (Wildman–Crippen MR) is 100 cm³/mol. The third kappa shape index (κ3) is 3.49. The Morgan fingerprint density at radius 2 is 2.19 bits per heavy atom. The zero-order valence-electron chi connectivity index (χ0n) is 13.9. The molecule has 26 heavy (non-hydrogen) atoms. The van der Waals surface area contributed by atoms with Gasteiger partial charge in [-0.3, -0.25) is 4.79 Å². The van der Waals surface area contributed by atoms with Crippen molar-refractivity contribution in [2.75, 3.05) is 0 Å². The molecular weight excluding hydrogens is 372 g/mol. The fourth-order valence-electron chi connectivity index (χ4n) is 2.60. The highest BCUT2D eigenvalue weighted by Crippen LogP contribution is 2.26. The van der Waals surface area contributed by atoms with Crippen molar-refractivity contribution < 1.29 is 9.21 Å². The van der Waals surface area contributed by atoms with Gasteiger partial charge in [0.15, 0.2) is 0 Å². The van der Waals surface area contributed by atoms with Gasteiger partial charge in [-0.05, 0) is 30.5 Å². The summed E-state index contributed by atoms with van der Waals surface area (Å²) in [4.78, 5) is 22.1. The summed E-state index contributed by atoms with van der Waals surface area (Å²) in [6, 6.07) is 7.49. The number of carbonyl (C=O) groups excluding carboxylic acids is 1. The lowest BCUT2D eigenvalue weighted by atomic mass is 10.2. The number of nitrogens with zero attached hydrogens (tertiary/aromatic N) is 3. The molecule has 0 aromatic carbocycles. The van der Waals surface area contributed by atoms with Gasteiger partial charge in [0.2, 0.25) is 11.8 Å². The van der Waals surface area contributed by atoms with Crippen LogP contribution in [-0.2, 0) is 17.8 Å². The molecule has 0 aliphatic heterocycles. The number of amides is 1. The highest BCUT2D eigenvalue weighted by Gasteiger charge is 2.15. The number of thiophene rings is 1. The monoisotopic (exact) mass is 386 g/mol. The van der Waals surface area contributed by atoms with Gasteiger partial charge in [-0.15, -0.1) is 11.3 Å². The molecule has 1 amide bonds. The summed E-state index contributed by atoms with van der Waals surface area (Å²) in [5.41, 5.74) is 2.19. The van der Waals surface area contributed by atoms with Crippen LogP contribution >= 0.6 is 22.9 Å². The number of oxazole rings is 1. The molecule has 4 rings (SSSR count). The largest absolute Gasteiger partial charge is 0.440 e. The van der Waals surface area contributed by atoms with E-state index in [0.717, 1.165) is 16.2 Å². The molecule has 0 aliphatic carbocycles. The van der Waals surface area contributed by atoms with Crippen LogP contribution in [0, 0.1) is 6.92 Å². The molecule has 0 spiro atoms. The van der Waals surface area contributed by atoms with Crippen LogP contribution in [0.3, 0.4) is 0 Å². The molecule has 8 heteroatoms. The maximum Gasteiger partial charge on any atom is 0.236 e. The van der Waals surface area contributed by atoms with Gasteiger partial charge in [0, 0.05) is 12.4 Å². The lowest BCUT2D eigenvalue weighted by Gasteiger charge is -2.01. The van der Waals surface area contributed by atoms with Gasteiger partial charge in [0.25, 0.3) is 0 Å². The highest BCUT2D eigenvalue weighted by molar-refractivity contribution is 7.13. The Morgan fingerprint density at radius 3 is 3.00 bits per heavy atom. The summed E-state index contributed by atoms with van der Waals surface area (Å²) in [6.07, 6.45) is 3.79. The number of hydrogen-bond donors (Lipinski definition) is 1. The lowest BCUT2D eigenvalue weighted by Crippen LogP contribution is -2.25. The first-order valence-corrected chi connectivity index (χ1v) is 9.24. The summed E-state index contributed by atoms with van der Waals surface area (Å²) in [5, 5.41) is 5.46. The van der Waals surface area contributed by atoms with Crippen molar-refractivity contribution in [2.45, 2.75) is 19.9 Å². The van der Waals surface area contributed by atoms with Crippen molar-refractivity contribution in [1.82, 2.24) is 19.7 Å². The number of carbonyl (C=O) groups is 1. The third-order valence-electron chi connectivity index (χ3n) is 3.88. The molecule has 4 aromatic rings. The molecule has 0 saturated carbocycles. The number of halogens is 1. The molecule has 1 N–H and O–H groups in total. The van der Waals surface area contributed by atoms with Crippen molar-refractivity contribution in [3.63, 3.8) is 0 Å². The van der Waals surface area contributed by atoms with Crippen LogP contribution in [0.4, 0.5) is 0 Å². The average Bonchev–Trinajstić information content (AvgIpc) is 3.33. The Morgan fingerprint density at radius 1 is 1.31 bits per heavy atom. The zero-order chi connectivity index (χ0) is 18.1. The summed E-state index contributed by atoms with van der Waals surface area (Å²) in [6.45, 7) is 2.16. The first-order chi connectivity index (χ1) is 12.6. The molecular formula is C18H15ClN4O2S. The van der Waals surface area contributed by atoms with Gasteiger partial charge >= 0.3 is 0 Å². The molecule has 0 unspecified atom stereocenters. The molecule has 4 aromatic heterocycles. The van der Waals surface area contributed by atoms with E-state index in [0.29, 0.717) is 28.9 Å². The van der Waals surface area contributed by atoms with E-state index in [1.54, 1.807) is 23.6 Å². The number of aromatic nitrogens is 3. The molecule has 0 radical (unpaired) electrons. The summed E-state index contributed by atoms with van der Waals surface area (Å²) in [5.74, 6) is 1.08. The molecule has 0 atom stereocenters. The van der Waals surface area contributed by atoms with E-state index in [-0.39, 0.29) is 12.3 Å². The van der Waals surface area contributed by atoms with E-state index in [1.807, 2.05) is 41.1 Å². The molecule has 0 bridgehead atoms. The van der Waals surface area contributed by atoms with Crippen LogP contribution in [-0.4, -0.2) is 20.3 Å². The van der Waals surface area contributed by atoms with Gasteiger partial charge in [-0.2, -0.15) is 0 Å². The van der Waals surface area contributed by atoms with Crippen molar-refractivity contribution in [3.8, 4) is 10.8 Å². The van der Waals surface area contributed by atoms with E-state index in [4.69, 9.17) is 16.0 Å². The van der Waals surface area contributed by atoms with Crippen molar-refractivity contribution >= 4 is 34.5 Å². The number of rotatable bonds is 5. The fourth-order valence-corrected chi connectivity index (χ4v) is 3.42. The highest BCUT2D eigenvalue weighted by atomic mass is 35.5. The van der Waals surface area contributed by atoms with E-state index < -0.39 is 0 Å². The van der Waals surface area contributed by atoms with Gasteiger partial charge in [0.1, 0.15) is 11.4 Å². The van der Waals surface area contributed by atoms with Gasteiger partial charge in [-0.1, -0.05) is 17.7 Å². The molecule has 6 nitrogen and oxygen atoms in total. The smallest absolute Gasteiger partial charge is 0.236 e. The van der Waals surface area contributed by atoms with E-state index in [2.05, 4.69) is 15.3 Å². The molecule has 0 fully saturated rings. The molecule has 132 valence electrons. The minimum Gasteiger partial charge on any atom is -0.440 e. The van der Waals surface area contributed by atoms with Crippen LogP contribution in [0.15, 0.2) is 46.5 Å². The Bertz CT molecular complexity index is 1070.